The number of carboxylic acids is 1. The molecule has 2 unspecified atom stereocenters. The van der Waals surface area contributed by atoms with Crippen molar-refractivity contribution in [2.75, 3.05) is 39.4 Å². The Kier molecular flexibility index (Phi) is 7.98. The van der Waals surface area contributed by atoms with Crippen LogP contribution in [0, 0.1) is 5.92 Å². The summed E-state index contributed by atoms with van der Waals surface area (Å²) in [6.45, 7) is 1.44. The third-order valence-corrected chi connectivity index (χ3v) is 8.72. The van der Waals surface area contributed by atoms with Gasteiger partial charge in [0.25, 0.3) is 10.2 Å². The molecule has 0 aliphatic carbocycles. The van der Waals surface area contributed by atoms with Crippen LogP contribution in [0.4, 0.5) is 0 Å². The first-order chi connectivity index (χ1) is 14.6. The van der Waals surface area contributed by atoms with Gasteiger partial charge in [-0.3, -0.25) is 4.79 Å². The Morgan fingerprint density at radius 3 is 2.52 bits per heavy atom. The van der Waals surface area contributed by atoms with Crippen molar-refractivity contribution in [3.05, 3.63) is 0 Å². The lowest BCUT2D eigenvalue weighted by Crippen LogP contribution is -2.60. The summed E-state index contributed by atoms with van der Waals surface area (Å²) in [6.07, 6.45) is 1.91. The maximum Gasteiger partial charge on any atom is 0.451 e. The molecule has 3 saturated heterocycles. The highest BCUT2D eigenvalue weighted by Gasteiger charge is 2.55. The van der Waals surface area contributed by atoms with Crippen LogP contribution in [0.15, 0.2) is 0 Å². The monoisotopic (exact) mass is 463 g/mol. The molecule has 14 heteroatoms. The maximum atomic E-state index is 13.8. The summed E-state index contributed by atoms with van der Waals surface area (Å²) in [6, 6.07) is -1.24. The summed E-state index contributed by atoms with van der Waals surface area (Å²) < 4.78 is 35.6. The van der Waals surface area contributed by atoms with E-state index in [1.807, 2.05) is 0 Å². The molecule has 8 N–H and O–H groups in total. The third-order valence-electron chi connectivity index (χ3n) is 6.68. The Hall–Kier alpha value is -0.835. The molecule has 0 bridgehead atoms. The van der Waals surface area contributed by atoms with Crippen molar-refractivity contribution in [2.24, 2.45) is 17.4 Å². The van der Waals surface area contributed by atoms with Gasteiger partial charge < -0.3 is 36.7 Å². The van der Waals surface area contributed by atoms with Crippen LogP contribution in [0.3, 0.4) is 0 Å². The van der Waals surface area contributed by atoms with Crippen molar-refractivity contribution < 1.29 is 33.1 Å². The number of rotatable bonds is 9. The second-order valence-electron chi connectivity index (χ2n) is 8.83. The molecule has 3 heterocycles. The standard InChI is InChI=1S/C17H34BN5O7S/c19-14-9-30-10-15(14)23(13-3-6-21-7-4-13)31(28,29)22-8-12(2-1-5-18(26)27)17(20,11-22)16(24)25/h12-15,21,26-27H,1-11,19-20H2,(H,24,25)/t12-,14?,15?,17-/m0/s1. The molecule has 0 spiro atoms. The number of aliphatic carboxylic acids is 1. The topological polar surface area (TPSA) is 192 Å². The summed E-state index contributed by atoms with van der Waals surface area (Å²) in [5.74, 6) is -1.92. The van der Waals surface area contributed by atoms with E-state index in [1.165, 1.54) is 4.31 Å². The largest absolute Gasteiger partial charge is 0.480 e. The van der Waals surface area contributed by atoms with Crippen molar-refractivity contribution in [3.63, 3.8) is 0 Å². The smallest absolute Gasteiger partial charge is 0.451 e. The molecule has 0 saturated carbocycles. The number of hydrogen-bond donors (Lipinski definition) is 6. The minimum absolute atomic E-state index is 0.0447. The zero-order valence-electron chi connectivity index (χ0n) is 17.6. The molecular formula is C17H34BN5O7S. The van der Waals surface area contributed by atoms with E-state index < -0.39 is 46.8 Å². The van der Waals surface area contributed by atoms with E-state index in [2.05, 4.69) is 5.32 Å². The van der Waals surface area contributed by atoms with Gasteiger partial charge in [0.2, 0.25) is 0 Å². The molecule has 0 aromatic carbocycles. The Morgan fingerprint density at radius 2 is 1.97 bits per heavy atom. The molecule has 12 nitrogen and oxygen atoms in total. The lowest BCUT2D eigenvalue weighted by atomic mass is 9.78. The average molecular weight is 463 g/mol. The van der Waals surface area contributed by atoms with E-state index in [0.717, 1.165) is 4.31 Å². The Balaban J connectivity index is 1.85. The second kappa shape index (κ2) is 9.97. The van der Waals surface area contributed by atoms with Crippen LogP contribution in [-0.2, 0) is 19.7 Å². The first-order valence-corrected chi connectivity index (χ1v) is 12.2. The Morgan fingerprint density at radius 1 is 1.29 bits per heavy atom. The van der Waals surface area contributed by atoms with Gasteiger partial charge in [0.05, 0.1) is 19.3 Å². The van der Waals surface area contributed by atoms with Crippen LogP contribution >= 0.6 is 0 Å². The van der Waals surface area contributed by atoms with Crippen LogP contribution in [0.5, 0.6) is 0 Å². The van der Waals surface area contributed by atoms with E-state index >= 15 is 0 Å². The first kappa shape index (κ1) is 24.8. The quantitative estimate of drug-likeness (QED) is 0.192. The normalized spacial score (nSPS) is 33.3. The summed E-state index contributed by atoms with van der Waals surface area (Å²) in [4.78, 5) is 12.0. The predicted octanol–water partition coefficient (Wildman–Crippen LogP) is -3.02. The van der Waals surface area contributed by atoms with Crippen molar-refractivity contribution in [1.82, 2.24) is 13.9 Å². The molecule has 178 valence electrons. The molecule has 0 aromatic heterocycles. The molecule has 31 heavy (non-hydrogen) atoms. The fourth-order valence-electron chi connectivity index (χ4n) is 4.85. The van der Waals surface area contributed by atoms with Crippen LogP contribution in [0.25, 0.3) is 0 Å². The number of nitrogens with one attached hydrogen (secondary N) is 1. The number of carboxylic acid groups (broad SMARTS) is 1. The fourth-order valence-corrected chi connectivity index (χ4v) is 7.01. The zero-order chi connectivity index (χ0) is 22.8. The highest BCUT2D eigenvalue weighted by Crippen LogP contribution is 2.35. The van der Waals surface area contributed by atoms with Gasteiger partial charge in [0, 0.05) is 31.1 Å². The van der Waals surface area contributed by atoms with E-state index in [-0.39, 0.29) is 45.1 Å². The summed E-state index contributed by atoms with van der Waals surface area (Å²) in [5, 5.41) is 31.1. The molecule has 3 aliphatic rings. The zero-order valence-corrected chi connectivity index (χ0v) is 18.4. The van der Waals surface area contributed by atoms with Crippen molar-refractivity contribution in [1.29, 1.82) is 0 Å². The highest BCUT2D eigenvalue weighted by molar-refractivity contribution is 7.86. The van der Waals surface area contributed by atoms with E-state index in [9.17, 15) is 18.3 Å². The van der Waals surface area contributed by atoms with Crippen molar-refractivity contribution in [3.8, 4) is 0 Å². The maximum absolute atomic E-state index is 13.8. The first-order valence-electron chi connectivity index (χ1n) is 10.8. The molecule has 0 aromatic rings. The van der Waals surface area contributed by atoms with Gasteiger partial charge >= 0.3 is 13.1 Å². The van der Waals surface area contributed by atoms with Crippen LogP contribution < -0.4 is 16.8 Å². The molecular weight excluding hydrogens is 429 g/mol. The number of hydrogen-bond acceptors (Lipinski definition) is 9. The number of nitrogens with zero attached hydrogens (tertiary/aromatic N) is 2. The minimum Gasteiger partial charge on any atom is -0.480 e. The van der Waals surface area contributed by atoms with Crippen LogP contribution in [0.1, 0.15) is 25.7 Å². The Bertz CT molecular complexity index is 738. The van der Waals surface area contributed by atoms with Gasteiger partial charge in [-0.2, -0.15) is 17.0 Å². The molecule has 3 aliphatic heterocycles. The SMILES string of the molecule is NC1COCC1N(C1CCNCC1)S(=O)(=O)N1C[C@H](CCCB(O)O)[C@](N)(C(=O)O)C1. The molecule has 0 amide bonds. The van der Waals surface area contributed by atoms with Crippen molar-refractivity contribution in [2.45, 2.75) is 55.7 Å². The van der Waals surface area contributed by atoms with Gasteiger partial charge in [-0.05, 0) is 38.7 Å². The minimum atomic E-state index is -4.06. The number of nitrogens with two attached hydrogens (primary N) is 2. The van der Waals surface area contributed by atoms with Gasteiger partial charge in [0.1, 0.15) is 5.54 Å². The summed E-state index contributed by atoms with van der Waals surface area (Å²) in [5.41, 5.74) is 10.6. The molecule has 3 rings (SSSR count). The third kappa shape index (κ3) is 5.23. The van der Waals surface area contributed by atoms with Crippen LogP contribution in [-0.4, -0.2) is 108 Å². The van der Waals surface area contributed by atoms with E-state index in [1.54, 1.807) is 0 Å². The Labute approximate surface area is 183 Å². The van der Waals surface area contributed by atoms with Crippen molar-refractivity contribution >= 4 is 23.3 Å². The summed E-state index contributed by atoms with van der Waals surface area (Å²) >= 11 is 0. The van der Waals surface area contributed by atoms with Gasteiger partial charge in [-0.25, -0.2) is 0 Å². The van der Waals surface area contributed by atoms with E-state index in [0.29, 0.717) is 32.4 Å². The van der Waals surface area contributed by atoms with E-state index in [4.69, 9.17) is 26.3 Å². The second-order valence-corrected chi connectivity index (χ2v) is 10.7. The number of piperidine rings is 1. The summed E-state index contributed by atoms with van der Waals surface area (Å²) in [7, 11) is -5.56. The van der Waals surface area contributed by atoms with Crippen LogP contribution in [0.2, 0.25) is 6.32 Å². The molecule has 0 radical (unpaired) electrons. The molecule has 4 atom stereocenters. The molecule has 3 fully saturated rings. The lowest BCUT2D eigenvalue weighted by molar-refractivity contribution is -0.144. The number of ether oxygens (including phenoxy) is 1. The number of carbonyl (C=O) groups is 1. The fraction of sp³-hybridized carbons (Fsp3) is 0.941. The lowest BCUT2D eigenvalue weighted by Gasteiger charge is -2.40. The predicted molar refractivity (Wildman–Crippen MR) is 113 cm³/mol. The highest BCUT2D eigenvalue weighted by atomic mass is 32.2. The van der Waals surface area contributed by atoms with Gasteiger partial charge in [0.15, 0.2) is 0 Å². The van der Waals surface area contributed by atoms with Gasteiger partial charge in [-0.1, -0.05) is 6.42 Å². The van der Waals surface area contributed by atoms with Gasteiger partial charge in [-0.15, -0.1) is 0 Å². The average Bonchev–Trinajstić information content (AvgIpc) is 3.27.